The monoisotopic (exact) mass is 1660 g/mol. The molecule has 0 radical (unpaired) electrons. The lowest BCUT2D eigenvalue weighted by atomic mass is 9.92. The second-order valence-corrected chi connectivity index (χ2v) is 29.1. The first kappa shape index (κ1) is 55.6. The fourth-order valence-corrected chi connectivity index (χ4v) is 14.5. The number of aromatic nitrogens is 15. The molecular formula is C85H110N30O5. The Morgan fingerprint density at radius 2 is 0.633 bits per heavy atom. The predicted molar refractivity (Wildman–Crippen MR) is 463 cm³/mol. The number of piperidine rings is 5. The summed E-state index contributed by atoms with van der Waals surface area (Å²) in [7, 11) is 4.44. The number of hydrogen-bond acceptors (Lipinski definition) is 20. The largest absolute Gasteiger partial charge is 0.354 e. The number of amides is 5. The molecule has 10 atom stereocenters. The Bertz CT molecular complexity index is 7050. The lowest BCUT2D eigenvalue weighted by Gasteiger charge is -2.41. The summed E-state index contributed by atoms with van der Waals surface area (Å²) in [6.07, 6.45) is -1.29. The van der Waals surface area contributed by atoms with E-state index in [4.69, 9.17) is 74.0 Å². The third kappa shape index (κ3) is 20.2. The van der Waals surface area contributed by atoms with E-state index in [1.807, 2.05) is 6.92 Å². The van der Waals surface area contributed by atoms with Crippen molar-refractivity contribution in [2.75, 3.05) is 158 Å². The van der Waals surface area contributed by atoms with E-state index >= 15 is 0 Å². The topological polar surface area (TPSA) is 347 Å². The van der Waals surface area contributed by atoms with Crippen LogP contribution in [0.25, 0.3) is 79.4 Å². The van der Waals surface area contributed by atoms with E-state index in [1.54, 1.807) is 48.6 Å². The highest BCUT2D eigenvalue weighted by Crippen LogP contribution is 2.36. The van der Waals surface area contributed by atoms with Gasteiger partial charge in [-0.25, -0.2) is 82.7 Å². The number of rotatable bonds is 15. The third-order valence-electron chi connectivity index (χ3n) is 21.0. The highest BCUT2D eigenvalue weighted by atomic mass is 16.2. The summed E-state index contributed by atoms with van der Waals surface area (Å²) in [5.41, 5.74) is 3.51. The maximum atomic E-state index is 12.4. The molecule has 10 aromatic rings. The zero-order valence-electron chi connectivity index (χ0n) is 97.8. The fraction of sp³-hybridized carbons (Fsp3) is 0.529. The fourth-order valence-electron chi connectivity index (χ4n) is 14.5. The van der Waals surface area contributed by atoms with Gasteiger partial charge in [-0.15, -0.1) is 0 Å². The average Bonchev–Trinajstić information content (AvgIpc) is 0.841. The van der Waals surface area contributed by atoms with Gasteiger partial charge in [-0.05, 0) is 126 Å². The number of nitrogens with zero attached hydrogens (tertiary/aromatic N) is 25. The van der Waals surface area contributed by atoms with Crippen LogP contribution in [0.15, 0.2) is 61.7 Å². The zero-order chi connectivity index (χ0) is 112. The van der Waals surface area contributed by atoms with E-state index in [2.05, 4.69) is 99.0 Å². The minimum atomic E-state index is -2.90. The number of carbonyl (C=O) groups excluding carboxylic acids is 5. The maximum absolute atomic E-state index is 12.4. The molecule has 5 fully saturated rings. The maximum Gasteiger partial charge on any atom is 0.302 e. The van der Waals surface area contributed by atoms with Gasteiger partial charge < -0.3 is 98.1 Å². The Morgan fingerprint density at radius 1 is 0.375 bits per heavy atom. The minimum absolute atomic E-state index is 0.000653. The van der Waals surface area contributed by atoms with Crippen molar-refractivity contribution >= 4 is 114 Å². The van der Waals surface area contributed by atoms with Gasteiger partial charge in [0.05, 0.1) is 68.0 Å². The van der Waals surface area contributed by atoms with Crippen LogP contribution in [0.5, 0.6) is 0 Å². The molecular weight excluding hydrogens is 1520 g/mol. The molecule has 0 spiro atoms. The van der Waals surface area contributed by atoms with E-state index in [0.29, 0.717) is 59.0 Å². The summed E-state index contributed by atoms with van der Waals surface area (Å²) >= 11 is 0. The van der Waals surface area contributed by atoms with Crippen LogP contribution in [-0.4, -0.2) is 292 Å². The normalized spacial score (nSPS) is 28.0. The Balaban J connectivity index is 0.000000178. The molecule has 5 aliphatic heterocycles. The first-order chi connectivity index (χ1) is 69.5. The summed E-state index contributed by atoms with van der Waals surface area (Å²) in [4.78, 5) is 144. The molecule has 120 heavy (non-hydrogen) atoms. The SMILES string of the molecule is [2H]c1nc(N(C)[C@@]2([2H])CN(C(=O)C[N+]#[C-])CC[C@@]2([2H])C([2H])([2H])[2H])c2c([2H])c(C)[nH]c2n1.[2H]c1nc(N(C)[C@@]2([2H])CN(C(=O)C[N+]#[C-])CC[C@@]2([2H])C)c2c([2H])c(C)[nH]c2n1.[2H]c1nc(N(C)[C@@]2([2H])CN(C(=O)C[N+]#[C-])CC[C@H]2C([2H])([2H])[2H])c2c([2H])c(C)[nH]c2n1.[2H]c1nc(N([C@H]2CN(C(=O)C[N+]#[C-])CC[C@H]2C([2H])([2H])[2H])C([2H])([2H])[2H])c2c([2H])c(C)[nH]c2n1.[2H]c1nc(N([C@H]2CN(C(=O)C[N+]#[C-])CC[C@H]2C)C([2H])([2H])[2H])c2c([2H])c(C)[nH]c2n1. The van der Waals surface area contributed by atoms with Crippen molar-refractivity contribution in [2.24, 2.45) is 29.5 Å². The van der Waals surface area contributed by atoms with Crippen LogP contribution in [0.4, 0.5) is 29.1 Å². The van der Waals surface area contributed by atoms with Crippen LogP contribution >= 0.6 is 0 Å². The van der Waals surface area contributed by atoms with Crippen molar-refractivity contribution in [1.29, 1.82) is 0 Å². The molecule has 630 valence electrons. The van der Waals surface area contributed by atoms with Gasteiger partial charge in [0.25, 0.3) is 32.7 Å². The molecule has 5 saturated heterocycles. The number of nitrogens with one attached hydrogen (secondary N) is 5. The molecule has 0 bridgehead atoms. The number of carbonyl (C=O) groups is 5. The quantitative estimate of drug-likeness (QED) is 0.0597. The molecule has 5 N–H and O–H groups in total. The summed E-state index contributed by atoms with van der Waals surface area (Å²) in [6, 6.07) is -7.13. The first-order valence-electron chi connectivity index (χ1n) is 53.0. The lowest BCUT2D eigenvalue weighted by molar-refractivity contribution is -0.131. The number of likely N-dealkylation sites (tertiary alicyclic amines) is 5. The van der Waals surface area contributed by atoms with Gasteiger partial charge >= 0.3 is 29.5 Å². The van der Waals surface area contributed by atoms with E-state index < -0.39 is 138 Å². The number of fused-ring (bicyclic) bond motifs is 5. The van der Waals surface area contributed by atoms with Gasteiger partial charge in [-0.2, -0.15) is 0 Å². The standard InChI is InChI=1S/5C17H22N6O/c5*1-11-5-6-23(15(24)8-18-3)9-14(11)22(4)17-13-7-12(2)21-16(13)19-10-20-17/h5*7,10-11,14H,5-6,8-9H2,1-2,4H3,(H,19,20,21)/t5*11-,14+/m11111/s1/i1D3,7D,10D,11D,14D;7D,10D,11D,14D;1D3,7D,10D,14D;1D3,4D3,7D,10D;4D3,7D,10D. The second kappa shape index (κ2) is 39.4. The first-order valence-corrected chi connectivity index (χ1v) is 38.0. The molecule has 0 saturated carbocycles. The lowest BCUT2D eigenvalue weighted by Crippen LogP contribution is -2.53. The van der Waals surface area contributed by atoms with Crippen molar-refractivity contribution in [3.05, 3.63) is 147 Å². The molecule has 5 amide bonds. The van der Waals surface area contributed by atoms with Crippen LogP contribution in [0.1, 0.15) is 136 Å². The zero-order valence-corrected chi connectivity index (χ0v) is 67.8. The van der Waals surface area contributed by atoms with Crippen molar-refractivity contribution in [3.63, 3.8) is 0 Å². The van der Waals surface area contributed by atoms with Crippen molar-refractivity contribution in [1.82, 2.24) is 99.3 Å². The average molecular weight is 1660 g/mol. The molecule has 5 aliphatic rings. The van der Waals surface area contributed by atoms with Crippen molar-refractivity contribution in [2.45, 2.75) is 131 Å². The summed E-state index contributed by atoms with van der Waals surface area (Å²) in [5, 5.41) is 1.16. The number of aryl methyl sites for hydroxylation is 5. The van der Waals surface area contributed by atoms with Crippen molar-refractivity contribution in [3.8, 4) is 0 Å². The summed E-state index contributed by atoms with van der Waals surface area (Å²) in [6.45, 7) is 31.2. The highest BCUT2D eigenvalue weighted by Gasteiger charge is 2.39. The number of anilines is 5. The predicted octanol–water partition coefficient (Wildman–Crippen LogP) is 9.29. The van der Waals surface area contributed by atoms with Crippen molar-refractivity contribution < 1.29 is 65.1 Å². The van der Waals surface area contributed by atoms with Crippen LogP contribution < -0.4 is 24.5 Å². The van der Waals surface area contributed by atoms with E-state index in [-0.39, 0.29) is 231 Å². The Hall–Kier alpha value is -13.1. The number of hydrogen-bond donors (Lipinski definition) is 5. The molecule has 15 heterocycles. The highest BCUT2D eigenvalue weighted by molar-refractivity contribution is 5.92. The molecule has 0 unspecified atom stereocenters. The molecule has 0 aromatic carbocycles. The molecule has 35 heteroatoms. The van der Waals surface area contributed by atoms with E-state index in [9.17, 15) is 24.0 Å². The van der Waals surface area contributed by atoms with E-state index in [1.165, 1.54) is 48.4 Å². The Morgan fingerprint density at radius 3 is 0.942 bits per heavy atom. The van der Waals surface area contributed by atoms with E-state index in [0.717, 1.165) is 14.7 Å². The molecule has 10 aromatic heterocycles. The Labute approximate surface area is 742 Å². The molecule has 0 aliphatic carbocycles. The number of aromatic amines is 5. The van der Waals surface area contributed by atoms with Crippen LogP contribution in [0, 0.1) is 97.0 Å². The molecule has 35 nitrogen and oxygen atoms in total. The number of likely N-dealkylation sites (N-methyl/N-ethyl adjacent to an activating group) is 5. The second-order valence-electron chi connectivity index (χ2n) is 29.1. The smallest absolute Gasteiger partial charge is 0.302 e. The van der Waals surface area contributed by atoms with Gasteiger partial charge in [0.2, 0.25) is 0 Å². The molecule has 15 rings (SSSR count). The number of H-pyrrole nitrogens is 5. The van der Waals surface area contributed by atoms with Crippen LogP contribution in [0.2, 0.25) is 0 Å². The Kier molecular flexibility index (Phi) is 18.3. The van der Waals surface area contributed by atoms with Gasteiger partial charge in [0.1, 0.15) is 95.7 Å². The van der Waals surface area contributed by atoms with Gasteiger partial charge in [0, 0.05) is 152 Å². The minimum Gasteiger partial charge on any atom is -0.354 e. The van der Waals surface area contributed by atoms with Gasteiger partial charge in [-0.1, -0.05) is 34.4 Å². The third-order valence-corrected chi connectivity index (χ3v) is 21.0. The van der Waals surface area contributed by atoms with Crippen LogP contribution in [0.3, 0.4) is 0 Å². The van der Waals surface area contributed by atoms with Crippen LogP contribution in [-0.2, 0) is 24.0 Å². The summed E-state index contributed by atoms with van der Waals surface area (Å²) in [5.74, 6) is -8.13. The van der Waals surface area contributed by atoms with Gasteiger partial charge in [0.15, 0.2) is 0 Å². The summed E-state index contributed by atoms with van der Waals surface area (Å²) < 4.78 is 247. The van der Waals surface area contributed by atoms with Gasteiger partial charge in [-0.3, -0.25) is 24.0 Å².